The highest BCUT2D eigenvalue weighted by atomic mass is 35.5. The summed E-state index contributed by atoms with van der Waals surface area (Å²) >= 11 is 12.5. The lowest BCUT2D eigenvalue weighted by atomic mass is 9.98. The topological polar surface area (TPSA) is 26.0 Å². The van der Waals surface area contributed by atoms with Gasteiger partial charge in [0.25, 0.3) is 0 Å². The zero-order valence-electron chi connectivity index (χ0n) is 10.0. The highest BCUT2D eigenvalue weighted by Gasteiger charge is 2.09. The van der Waals surface area contributed by atoms with E-state index in [4.69, 9.17) is 28.9 Å². The largest absolute Gasteiger partial charge is 0.399 e. The molecule has 0 aromatic heterocycles. The van der Waals surface area contributed by atoms with Crippen LogP contribution in [-0.2, 0) is 0 Å². The first-order valence-electron chi connectivity index (χ1n) is 5.89. The normalized spacial score (nSPS) is 10.8. The number of nitrogens with two attached hydrogens (primary N) is 1. The van der Waals surface area contributed by atoms with Crippen LogP contribution in [-0.4, -0.2) is 0 Å². The summed E-state index contributed by atoms with van der Waals surface area (Å²) in [4.78, 5) is 0. The molecule has 0 saturated carbocycles. The van der Waals surface area contributed by atoms with Gasteiger partial charge in [-0.2, -0.15) is 0 Å². The van der Waals surface area contributed by atoms with E-state index in [0.717, 1.165) is 26.9 Å². The van der Waals surface area contributed by atoms with E-state index in [9.17, 15) is 0 Å². The molecule has 3 aromatic carbocycles. The fraction of sp³-hybridized carbons (Fsp3) is 0. The Morgan fingerprint density at radius 2 is 1.37 bits per heavy atom. The van der Waals surface area contributed by atoms with Crippen LogP contribution in [0, 0.1) is 0 Å². The Morgan fingerprint density at radius 1 is 0.684 bits per heavy atom. The molecule has 0 spiro atoms. The van der Waals surface area contributed by atoms with Crippen LogP contribution in [0.4, 0.5) is 5.69 Å². The Kier molecular flexibility index (Phi) is 3.09. The molecule has 2 N–H and O–H groups in total. The molecule has 0 bridgehead atoms. The van der Waals surface area contributed by atoms with Crippen molar-refractivity contribution in [3.8, 4) is 11.1 Å². The van der Waals surface area contributed by atoms with E-state index in [2.05, 4.69) is 0 Å². The lowest BCUT2D eigenvalue weighted by Crippen LogP contribution is -1.87. The number of fused-ring (bicyclic) bond motifs is 1. The maximum absolute atomic E-state index is 6.29. The van der Waals surface area contributed by atoms with Gasteiger partial charge in [-0.15, -0.1) is 0 Å². The summed E-state index contributed by atoms with van der Waals surface area (Å²) in [6.07, 6.45) is 0. The molecule has 0 heterocycles. The molecule has 1 nitrogen and oxygen atoms in total. The Morgan fingerprint density at radius 3 is 2.11 bits per heavy atom. The van der Waals surface area contributed by atoms with E-state index in [1.807, 2.05) is 48.5 Å². The number of anilines is 1. The predicted octanol–water partition coefficient (Wildman–Crippen LogP) is 5.40. The highest BCUT2D eigenvalue weighted by molar-refractivity contribution is 6.37. The number of nitrogen functional groups attached to an aromatic ring is 1. The minimum absolute atomic E-state index is 0.646. The summed E-state index contributed by atoms with van der Waals surface area (Å²) in [5.74, 6) is 0. The van der Waals surface area contributed by atoms with Crippen molar-refractivity contribution in [2.24, 2.45) is 0 Å². The summed E-state index contributed by atoms with van der Waals surface area (Å²) in [7, 11) is 0. The van der Waals surface area contributed by atoms with Gasteiger partial charge in [-0.25, -0.2) is 0 Å². The summed E-state index contributed by atoms with van der Waals surface area (Å²) in [6.45, 7) is 0. The molecule has 3 aromatic rings. The van der Waals surface area contributed by atoms with E-state index in [1.165, 1.54) is 0 Å². The van der Waals surface area contributed by atoms with Gasteiger partial charge in [0, 0.05) is 21.7 Å². The SMILES string of the molecule is Nc1ccc(-c2ccc(Cl)c3ccccc23)c(Cl)c1. The fourth-order valence-corrected chi connectivity index (χ4v) is 2.77. The number of benzene rings is 3. The number of hydrogen-bond donors (Lipinski definition) is 1. The Hall–Kier alpha value is -1.70. The van der Waals surface area contributed by atoms with E-state index in [1.54, 1.807) is 6.07 Å². The lowest BCUT2D eigenvalue weighted by Gasteiger charge is -2.10. The quantitative estimate of drug-likeness (QED) is 0.596. The molecule has 0 saturated heterocycles. The molecule has 0 aliphatic rings. The standard InChI is InChI=1S/C16H11Cl2N/c17-15-8-7-12(11-3-1-2-4-13(11)15)14-6-5-10(19)9-16(14)18/h1-9H,19H2. The van der Waals surface area contributed by atoms with Crippen molar-refractivity contribution in [3.05, 3.63) is 64.6 Å². The van der Waals surface area contributed by atoms with Crippen molar-refractivity contribution in [1.29, 1.82) is 0 Å². The van der Waals surface area contributed by atoms with Crippen molar-refractivity contribution < 1.29 is 0 Å². The molecule has 94 valence electrons. The maximum Gasteiger partial charge on any atom is 0.0505 e. The van der Waals surface area contributed by atoms with E-state index >= 15 is 0 Å². The third-order valence-electron chi connectivity index (χ3n) is 3.15. The monoisotopic (exact) mass is 287 g/mol. The molecule has 0 aliphatic heterocycles. The molecule has 0 atom stereocenters. The van der Waals surface area contributed by atoms with Gasteiger partial charge < -0.3 is 5.73 Å². The van der Waals surface area contributed by atoms with Crippen molar-refractivity contribution in [2.45, 2.75) is 0 Å². The minimum atomic E-state index is 0.646. The van der Waals surface area contributed by atoms with Crippen LogP contribution < -0.4 is 5.73 Å². The number of rotatable bonds is 1. The van der Waals surface area contributed by atoms with Gasteiger partial charge in [-0.1, -0.05) is 59.6 Å². The van der Waals surface area contributed by atoms with Crippen molar-refractivity contribution in [1.82, 2.24) is 0 Å². The molecular formula is C16H11Cl2N. The molecule has 3 heteroatoms. The van der Waals surface area contributed by atoms with Crippen molar-refractivity contribution in [2.75, 3.05) is 5.73 Å². The number of halogens is 2. The highest BCUT2D eigenvalue weighted by Crippen LogP contribution is 2.36. The molecule has 19 heavy (non-hydrogen) atoms. The van der Waals surface area contributed by atoms with Crippen LogP contribution >= 0.6 is 23.2 Å². The van der Waals surface area contributed by atoms with Gasteiger partial charge in [0.15, 0.2) is 0 Å². The molecule has 0 unspecified atom stereocenters. The average Bonchev–Trinajstić information content (AvgIpc) is 2.41. The summed E-state index contributed by atoms with van der Waals surface area (Å²) in [5, 5.41) is 3.50. The molecule has 0 aliphatic carbocycles. The molecule has 0 amide bonds. The first kappa shape index (κ1) is 12.3. The Balaban J connectivity index is 2.34. The van der Waals surface area contributed by atoms with Gasteiger partial charge >= 0.3 is 0 Å². The van der Waals surface area contributed by atoms with Gasteiger partial charge in [0.05, 0.1) is 5.02 Å². The third kappa shape index (κ3) is 2.16. The summed E-state index contributed by atoms with van der Waals surface area (Å²) in [6, 6.07) is 17.5. The molecule has 0 fully saturated rings. The Bertz CT molecular complexity index is 766. The fourth-order valence-electron chi connectivity index (χ4n) is 2.25. The van der Waals surface area contributed by atoms with Crippen LogP contribution in [0.25, 0.3) is 21.9 Å². The zero-order valence-corrected chi connectivity index (χ0v) is 11.5. The van der Waals surface area contributed by atoms with Gasteiger partial charge in [0.2, 0.25) is 0 Å². The molecule has 0 radical (unpaired) electrons. The zero-order chi connectivity index (χ0) is 13.4. The van der Waals surface area contributed by atoms with Crippen molar-refractivity contribution >= 4 is 39.7 Å². The van der Waals surface area contributed by atoms with E-state index in [-0.39, 0.29) is 0 Å². The molecule has 3 rings (SSSR count). The van der Waals surface area contributed by atoms with Gasteiger partial charge in [0.1, 0.15) is 0 Å². The first-order valence-corrected chi connectivity index (χ1v) is 6.65. The second-order valence-corrected chi connectivity index (χ2v) is 5.19. The summed E-state index contributed by atoms with van der Waals surface area (Å²) in [5.41, 5.74) is 8.42. The summed E-state index contributed by atoms with van der Waals surface area (Å²) < 4.78 is 0. The third-order valence-corrected chi connectivity index (χ3v) is 3.80. The second-order valence-electron chi connectivity index (χ2n) is 4.38. The van der Waals surface area contributed by atoms with Crippen LogP contribution in [0.2, 0.25) is 10.0 Å². The average molecular weight is 288 g/mol. The van der Waals surface area contributed by atoms with Gasteiger partial charge in [-0.3, -0.25) is 0 Å². The minimum Gasteiger partial charge on any atom is -0.399 e. The Labute approximate surface area is 121 Å². The van der Waals surface area contributed by atoms with Crippen LogP contribution in [0.1, 0.15) is 0 Å². The second kappa shape index (κ2) is 4.76. The van der Waals surface area contributed by atoms with E-state index in [0.29, 0.717) is 10.7 Å². The predicted molar refractivity (Wildman–Crippen MR) is 83.8 cm³/mol. The van der Waals surface area contributed by atoms with Crippen LogP contribution in [0.15, 0.2) is 54.6 Å². The van der Waals surface area contributed by atoms with E-state index < -0.39 is 0 Å². The molecular weight excluding hydrogens is 277 g/mol. The smallest absolute Gasteiger partial charge is 0.0505 e. The number of hydrogen-bond acceptors (Lipinski definition) is 1. The van der Waals surface area contributed by atoms with Crippen LogP contribution in [0.5, 0.6) is 0 Å². The lowest BCUT2D eigenvalue weighted by molar-refractivity contribution is 1.64. The van der Waals surface area contributed by atoms with Gasteiger partial charge in [-0.05, 0) is 29.1 Å². The maximum atomic E-state index is 6.29. The first-order chi connectivity index (χ1) is 9.16. The van der Waals surface area contributed by atoms with Crippen LogP contribution in [0.3, 0.4) is 0 Å². The van der Waals surface area contributed by atoms with Crippen molar-refractivity contribution in [3.63, 3.8) is 0 Å².